The van der Waals surface area contributed by atoms with E-state index in [1.165, 1.54) is 4.88 Å². The van der Waals surface area contributed by atoms with Crippen molar-refractivity contribution in [2.24, 2.45) is 0 Å². The highest BCUT2D eigenvalue weighted by molar-refractivity contribution is 7.15. The first kappa shape index (κ1) is 18.4. The molecule has 0 saturated carbocycles. The normalized spacial score (nSPS) is 19.4. The minimum Gasteiger partial charge on any atom is -0.465 e. The van der Waals surface area contributed by atoms with E-state index >= 15 is 0 Å². The third kappa shape index (κ3) is 4.82. The molecular formula is C18H28N4O2S. The molecule has 0 aromatic carbocycles. The molecule has 1 atom stereocenters. The molecule has 1 saturated heterocycles. The average Bonchev–Trinajstić information content (AvgIpc) is 3.19. The standard InChI is InChI=1S/C18H28N4O2S/c1-14-4-5-16(24-14)12-22-8-7-21(11-15(22)6-9-23)13-17-10-19-18(25-17)20(2)3/h4-5,10,15,23H,6-9,11-13H2,1-3H3/t15-/m1/s1. The summed E-state index contributed by atoms with van der Waals surface area (Å²) in [5, 5.41) is 10.5. The fourth-order valence-electron chi connectivity index (χ4n) is 3.30. The molecular weight excluding hydrogens is 336 g/mol. The van der Waals surface area contributed by atoms with Crippen LogP contribution in [0.5, 0.6) is 0 Å². The summed E-state index contributed by atoms with van der Waals surface area (Å²) in [6, 6.07) is 4.42. The zero-order valence-electron chi connectivity index (χ0n) is 15.3. The first-order chi connectivity index (χ1) is 12.0. The van der Waals surface area contributed by atoms with Crippen LogP contribution in [0.1, 0.15) is 22.8 Å². The second-order valence-corrected chi connectivity index (χ2v) is 7.98. The van der Waals surface area contributed by atoms with Gasteiger partial charge in [0, 0.05) is 64.0 Å². The number of hydrogen-bond acceptors (Lipinski definition) is 7. The van der Waals surface area contributed by atoms with Gasteiger partial charge in [0.15, 0.2) is 5.13 Å². The van der Waals surface area contributed by atoms with Gasteiger partial charge >= 0.3 is 0 Å². The highest BCUT2D eigenvalue weighted by Crippen LogP contribution is 2.24. The van der Waals surface area contributed by atoms with Crippen molar-refractivity contribution in [1.82, 2.24) is 14.8 Å². The van der Waals surface area contributed by atoms with Crippen LogP contribution >= 0.6 is 11.3 Å². The first-order valence-corrected chi connectivity index (χ1v) is 9.61. The Kier molecular flexibility index (Phi) is 6.11. The van der Waals surface area contributed by atoms with E-state index in [4.69, 9.17) is 4.42 Å². The number of rotatable bonds is 7. The molecule has 3 rings (SSSR count). The Bertz CT molecular complexity index is 670. The lowest BCUT2D eigenvalue weighted by Gasteiger charge is -2.40. The monoisotopic (exact) mass is 364 g/mol. The second kappa shape index (κ2) is 8.31. The minimum absolute atomic E-state index is 0.220. The van der Waals surface area contributed by atoms with Gasteiger partial charge in [-0.15, -0.1) is 11.3 Å². The molecule has 1 aliphatic heterocycles. The van der Waals surface area contributed by atoms with Crippen molar-refractivity contribution in [3.8, 4) is 0 Å². The summed E-state index contributed by atoms with van der Waals surface area (Å²) in [6.07, 6.45) is 2.78. The van der Waals surface area contributed by atoms with Crippen molar-refractivity contribution in [2.45, 2.75) is 32.5 Å². The highest BCUT2D eigenvalue weighted by Gasteiger charge is 2.27. The number of aliphatic hydroxyl groups excluding tert-OH is 1. The predicted octanol–water partition coefficient (Wildman–Crippen LogP) is 2.18. The lowest BCUT2D eigenvalue weighted by Crippen LogP contribution is -2.52. The van der Waals surface area contributed by atoms with E-state index in [1.54, 1.807) is 11.3 Å². The van der Waals surface area contributed by atoms with E-state index in [1.807, 2.05) is 38.2 Å². The molecule has 6 nitrogen and oxygen atoms in total. The number of thiazole rings is 1. The van der Waals surface area contributed by atoms with E-state index in [2.05, 4.69) is 20.9 Å². The van der Waals surface area contributed by atoms with Crippen molar-refractivity contribution in [3.63, 3.8) is 0 Å². The zero-order valence-corrected chi connectivity index (χ0v) is 16.1. The van der Waals surface area contributed by atoms with Gasteiger partial charge in [-0.05, 0) is 25.5 Å². The van der Waals surface area contributed by atoms with Crippen LogP contribution in [0.4, 0.5) is 5.13 Å². The molecule has 7 heteroatoms. The SMILES string of the molecule is Cc1ccc(CN2CCN(Cc3cnc(N(C)C)s3)C[C@H]2CCO)o1. The van der Waals surface area contributed by atoms with Gasteiger partial charge < -0.3 is 14.4 Å². The highest BCUT2D eigenvalue weighted by atomic mass is 32.1. The van der Waals surface area contributed by atoms with Crippen LogP contribution in [0.25, 0.3) is 0 Å². The molecule has 3 heterocycles. The molecule has 138 valence electrons. The van der Waals surface area contributed by atoms with E-state index in [0.29, 0.717) is 6.04 Å². The lowest BCUT2D eigenvalue weighted by molar-refractivity contribution is 0.0458. The van der Waals surface area contributed by atoms with E-state index < -0.39 is 0 Å². The van der Waals surface area contributed by atoms with E-state index in [9.17, 15) is 5.11 Å². The van der Waals surface area contributed by atoms with Gasteiger partial charge in [-0.3, -0.25) is 9.80 Å². The van der Waals surface area contributed by atoms with Gasteiger partial charge in [-0.25, -0.2) is 4.98 Å². The Balaban J connectivity index is 1.59. The van der Waals surface area contributed by atoms with Crippen molar-refractivity contribution in [3.05, 3.63) is 34.7 Å². The molecule has 0 aliphatic carbocycles. The average molecular weight is 365 g/mol. The fraction of sp³-hybridized carbons (Fsp3) is 0.611. The zero-order chi connectivity index (χ0) is 17.8. The summed E-state index contributed by atoms with van der Waals surface area (Å²) < 4.78 is 5.73. The van der Waals surface area contributed by atoms with Gasteiger partial charge in [0.2, 0.25) is 0 Å². The molecule has 0 unspecified atom stereocenters. The molecule has 2 aromatic heterocycles. The second-order valence-electron chi connectivity index (χ2n) is 6.89. The van der Waals surface area contributed by atoms with Crippen molar-refractivity contribution in [1.29, 1.82) is 0 Å². The van der Waals surface area contributed by atoms with Crippen LogP contribution in [0, 0.1) is 6.92 Å². The summed E-state index contributed by atoms with van der Waals surface area (Å²) in [7, 11) is 4.05. The predicted molar refractivity (Wildman–Crippen MR) is 101 cm³/mol. The molecule has 25 heavy (non-hydrogen) atoms. The summed E-state index contributed by atoms with van der Waals surface area (Å²) in [5.74, 6) is 1.96. The maximum absolute atomic E-state index is 9.46. The molecule has 1 aliphatic rings. The van der Waals surface area contributed by atoms with Gasteiger partial charge in [-0.2, -0.15) is 0 Å². The van der Waals surface area contributed by atoms with E-state index in [0.717, 1.165) is 55.8 Å². The van der Waals surface area contributed by atoms with Crippen LogP contribution in [0.2, 0.25) is 0 Å². The number of piperazine rings is 1. The van der Waals surface area contributed by atoms with Gasteiger partial charge in [0.25, 0.3) is 0 Å². The number of aromatic nitrogens is 1. The molecule has 1 fully saturated rings. The Morgan fingerprint density at radius 3 is 2.80 bits per heavy atom. The third-order valence-electron chi connectivity index (χ3n) is 4.61. The number of aliphatic hydroxyl groups is 1. The van der Waals surface area contributed by atoms with Crippen LogP contribution in [0.15, 0.2) is 22.7 Å². The van der Waals surface area contributed by atoms with Gasteiger partial charge in [0.05, 0.1) is 6.54 Å². The molecule has 0 amide bonds. The lowest BCUT2D eigenvalue weighted by atomic mass is 10.1. The number of furan rings is 1. The Hall–Kier alpha value is -1.41. The maximum atomic E-state index is 9.46. The summed E-state index contributed by atoms with van der Waals surface area (Å²) in [5.41, 5.74) is 0. The van der Waals surface area contributed by atoms with Crippen molar-refractivity contribution in [2.75, 3.05) is 45.2 Å². The molecule has 2 aromatic rings. The first-order valence-electron chi connectivity index (χ1n) is 8.79. The Labute approximate surface area is 153 Å². The third-order valence-corrected chi connectivity index (χ3v) is 5.76. The molecule has 0 spiro atoms. The molecule has 0 radical (unpaired) electrons. The summed E-state index contributed by atoms with van der Waals surface area (Å²) >= 11 is 1.75. The number of nitrogens with zero attached hydrogens (tertiary/aromatic N) is 4. The number of aryl methyl sites for hydroxylation is 1. The molecule has 0 bridgehead atoms. The largest absolute Gasteiger partial charge is 0.465 e. The van der Waals surface area contributed by atoms with Gasteiger partial charge in [0.1, 0.15) is 11.5 Å². The summed E-state index contributed by atoms with van der Waals surface area (Å²) in [6.45, 7) is 6.93. The molecule has 1 N–H and O–H groups in total. The van der Waals surface area contributed by atoms with Crippen LogP contribution in [0.3, 0.4) is 0 Å². The van der Waals surface area contributed by atoms with Crippen molar-refractivity contribution < 1.29 is 9.52 Å². The fourth-order valence-corrected chi connectivity index (χ4v) is 4.17. The number of hydrogen-bond donors (Lipinski definition) is 1. The smallest absolute Gasteiger partial charge is 0.185 e. The minimum atomic E-state index is 0.220. The van der Waals surface area contributed by atoms with Crippen molar-refractivity contribution >= 4 is 16.5 Å². The quantitative estimate of drug-likeness (QED) is 0.813. The van der Waals surface area contributed by atoms with Gasteiger partial charge in [-0.1, -0.05) is 0 Å². The van der Waals surface area contributed by atoms with Crippen LogP contribution in [-0.4, -0.2) is 66.3 Å². The number of anilines is 1. The Morgan fingerprint density at radius 2 is 2.16 bits per heavy atom. The van der Waals surface area contributed by atoms with Crippen LogP contribution in [-0.2, 0) is 13.1 Å². The Morgan fingerprint density at radius 1 is 1.32 bits per heavy atom. The maximum Gasteiger partial charge on any atom is 0.185 e. The topological polar surface area (TPSA) is 56.0 Å². The van der Waals surface area contributed by atoms with E-state index in [-0.39, 0.29) is 6.61 Å². The van der Waals surface area contributed by atoms with Crippen LogP contribution < -0.4 is 4.90 Å². The summed E-state index contributed by atoms with van der Waals surface area (Å²) in [4.78, 5) is 12.7.